The van der Waals surface area contributed by atoms with Crippen molar-refractivity contribution in [2.45, 2.75) is 6.23 Å². The molecule has 0 aliphatic carbocycles. The van der Waals surface area contributed by atoms with Crippen molar-refractivity contribution in [1.82, 2.24) is 4.68 Å². The van der Waals surface area contributed by atoms with Crippen molar-refractivity contribution in [3.05, 3.63) is 39.7 Å². The van der Waals surface area contributed by atoms with Crippen molar-refractivity contribution in [3.8, 4) is 5.75 Å². The van der Waals surface area contributed by atoms with Gasteiger partial charge in [0, 0.05) is 13.2 Å². The first-order chi connectivity index (χ1) is 10.4. The number of halogens is 2. The van der Waals surface area contributed by atoms with Gasteiger partial charge in [-0.1, -0.05) is 0 Å². The number of benzene rings is 1. The Balaban J connectivity index is 2.51. The third-order valence-electron chi connectivity index (χ3n) is 3.52. The number of aromatic carboxylic acids is 1. The number of aliphatic hydroxyl groups is 1. The van der Waals surface area contributed by atoms with Crippen LogP contribution in [-0.2, 0) is 0 Å². The van der Waals surface area contributed by atoms with E-state index in [-0.39, 0.29) is 10.9 Å². The second-order valence-corrected chi connectivity index (χ2v) is 4.75. The maximum Gasteiger partial charge on any atom is 0.341 e. The average Bonchev–Trinajstić information content (AvgIpc) is 2.48. The summed E-state index contributed by atoms with van der Waals surface area (Å²) in [6, 6.07) is 0.635. The number of aromatic nitrogens is 1. The fraction of sp³-hybridized carbons (Fsp3) is 0.231. The Hall–Kier alpha value is -2.68. The molecule has 116 valence electrons. The lowest BCUT2D eigenvalue weighted by atomic mass is 10.1. The summed E-state index contributed by atoms with van der Waals surface area (Å²) in [4.78, 5) is 23.3. The first-order valence-corrected chi connectivity index (χ1v) is 6.18. The highest BCUT2D eigenvalue weighted by molar-refractivity contribution is 5.94. The number of hydrogen-bond donors (Lipinski definition) is 2. The fourth-order valence-electron chi connectivity index (χ4n) is 2.40. The molecule has 2 aromatic rings. The minimum atomic E-state index is -1.50. The van der Waals surface area contributed by atoms with Gasteiger partial charge >= 0.3 is 5.97 Å². The van der Waals surface area contributed by atoms with Crippen LogP contribution in [0.5, 0.6) is 5.75 Å². The van der Waals surface area contributed by atoms with E-state index in [2.05, 4.69) is 0 Å². The zero-order chi connectivity index (χ0) is 16.2. The van der Waals surface area contributed by atoms with Gasteiger partial charge in [-0.15, -0.1) is 0 Å². The van der Waals surface area contributed by atoms with Gasteiger partial charge in [0.1, 0.15) is 17.7 Å². The minimum absolute atomic E-state index is 0.0962. The van der Waals surface area contributed by atoms with Crippen LogP contribution in [0.25, 0.3) is 10.9 Å². The molecule has 2 N–H and O–H groups in total. The summed E-state index contributed by atoms with van der Waals surface area (Å²) in [7, 11) is 1.45. The van der Waals surface area contributed by atoms with E-state index in [0.717, 1.165) is 10.9 Å². The molecule has 0 radical (unpaired) electrons. The van der Waals surface area contributed by atoms with Crippen LogP contribution >= 0.6 is 0 Å². The quantitative estimate of drug-likeness (QED) is 0.826. The number of ether oxygens (including phenoxy) is 1. The summed E-state index contributed by atoms with van der Waals surface area (Å²) in [5.41, 5.74) is -1.64. The molecule has 9 heteroatoms. The third kappa shape index (κ3) is 1.75. The standard InChI is InChI=1S/C13H10F2N2O5/c1-16-8(4-18)22-12-9(15)7(14)2-5-10(12)17(16)3-6(11(5)19)13(20)21/h2-3,8,18H,4H2,1H3,(H,20,21). The molecule has 1 aliphatic rings. The van der Waals surface area contributed by atoms with Crippen LogP contribution in [-0.4, -0.2) is 40.7 Å². The van der Waals surface area contributed by atoms with E-state index in [1.54, 1.807) is 0 Å². The van der Waals surface area contributed by atoms with Gasteiger partial charge < -0.3 is 14.9 Å². The van der Waals surface area contributed by atoms with E-state index in [1.807, 2.05) is 0 Å². The van der Waals surface area contributed by atoms with Crippen molar-refractivity contribution in [1.29, 1.82) is 0 Å². The molecule has 0 amide bonds. The molecule has 0 fully saturated rings. The van der Waals surface area contributed by atoms with Crippen molar-refractivity contribution in [3.63, 3.8) is 0 Å². The lowest BCUT2D eigenvalue weighted by Crippen LogP contribution is -2.50. The molecule has 0 saturated heterocycles. The molecule has 1 aliphatic heterocycles. The average molecular weight is 312 g/mol. The molecule has 0 spiro atoms. The van der Waals surface area contributed by atoms with Crippen molar-refractivity contribution in [2.24, 2.45) is 0 Å². The van der Waals surface area contributed by atoms with Crippen LogP contribution < -0.4 is 15.2 Å². The van der Waals surface area contributed by atoms with Crippen LogP contribution in [0.2, 0.25) is 0 Å². The Kier molecular flexibility index (Phi) is 3.03. The zero-order valence-electron chi connectivity index (χ0n) is 11.2. The lowest BCUT2D eigenvalue weighted by Gasteiger charge is -2.36. The number of carboxylic acids is 1. The van der Waals surface area contributed by atoms with Gasteiger partial charge in [-0.3, -0.25) is 14.5 Å². The summed E-state index contributed by atoms with van der Waals surface area (Å²) in [5.74, 6) is -4.69. The van der Waals surface area contributed by atoms with Gasteiger partial charge in [-0.05, 0) is 6.07 Å². The van der Waals surface area contributed by atoms with Gasteiger partial charge in [0.2, 0.25) is 17.5 Å². The predicted octanol–water partition coefficient (Wildman–Crippen LogP) is 0.257. The van der Waals surface area contributed by atoms with Gasteiger partial charge in [0.15, 0.2) is 11.6 Å². The molecular formula is C13H10F2N2O5. The number of nitrogens with zero attached hydrogens (tertiary/aromatic N) is 2. The van der Waals surface area contributed by atoms with E-state index in [9.17, 15) is 23.5 Å². The maximum atomic E-state index is 13.9. The first kappa shape index (κ1) is 14.3. The molecular weight excluding hydrogens is 302 g/mol. The lowest BCUT2D eigenvalue weighted by molar-refractivity contribution is 0.0691. The van der Waals surface area contributed by atoms with E-state index >= 15 is 0 Å². The second kappa shape index (κ2) is 4.67. The molecule has 1 unspecified atom stereocenters. The molecule has 22 heavy (non-hydrogen) atoms. The Morgan fingerprint density at radius 2 is 2.14 bits per heavy atom. The largest absolute Gasteiger partial charge is 0.477 e. The Morgan fingerprint density at radius 3 is 2.73 bits per heavy atom. The first-order valence-electron chi connectivity index (χ1n) is 6.18. The second-order valence-electron chi connectivity index (χ2n) is 4.75. The van der Waals surface area contributed by atoms with Gasteiger partial charge in [0.05, 0.1) is 5.39 Å². The number of hydrogen-bond acceptors (Lipinski definition) is 5. The monoisotopic (exact) mass is 312 g/mol. The van der Waals surface area contributed by atoms with Crippen LogP contribution in [0.4, 0.5) is 8.78 Å². The smallest absolute Gasteiger partial charge is 0.341 e. The summed E-state index contributed by atoms with van der Waals surface area (Å²) < 4.78 is 33.9. The highest BCUT2D eigenvalue weighted by atomic mass is 19.2. The highest BCUT2D eigenvalue weighted by Gasteiger charge is 2.31. The molecule has 3 rings (SSSR count). The Bertz CT molecular complexity index is 864. The number of carboxylic acid groups (broad SMARTS) is 1. The molecule has 0 saturated carbocycles. The van der Waals surface area contributed by atoms with Crippen molar-refractivity contribution < 1.29 is 28.5 Å². The molecule has 7 nitrogen and oxygen atoms in total. The van der Waals surface area contributed by atoms with Crippen LogP contribution in [0.1, 0.15) is 10.4 Å². The zero-order valence-corrected chi connectivity index (χ0v) is 11.2. The summed E-state index contributed by atoms with van der Waals surface area (Å²) in [6.07, 6.45) is -0.0740. The topological polar surface area (TPSA) is 92.0 Å². The van der Waals surface area contributed by atoms with Crippen molar-refractivity contribution >= 4 is 16.9 Å². The maximum absolute atomic E-state index is 13.9. The molecule has 2 heterocycles. The van der Waals surface area contributed by atoms with Crippen LogP contribution in [0, 0.1) is 11.6 Å². The summed E-state index contributed by atoms with van der Waals surface area (Å²) in [6.45, 7) is -0.554. The SMILES string of the molecule is CN1C(CO)Oc2c(F)c(F)cc3c(=O)c(C(=O)O)cn1c23. The van der Waals surface area contributed by atoms with Crippen molar-refractivity contribution in [2.75, 3.05) is 18.7 Å². The Labute approximate surface area is 121 Å². The number of carbonyl (C=O) groups is 1. The molecule has 1 atom stereocenters. The summed E-state index contributed by atoms with van der Waals surface area (Å²) in [5, 5.41) is 19.3. The van der Waals surface area contributed by atoms with E-state index in [1.165, 1.54) is 12.1 Å². The number of pyridine rings is 1. The van der Waals surface area contributed by atoms with Gasteiger partial charge in [0.25, 0.3) is 0 Å². The number of rotatable bonds is 2. The van der Waals surface area contributed by atoms with Crippen LogP contribution in [0.15, 0.2) is 17.1 Å². The molecule has 0 bridgehead atoms. The van der Waals surface area contributed by atoms with E-state index in [4.69, 9.17) is 9.84 Å². The number of aliphatic hydroxyl groups excluding tert-OH is 1. The fourth-order valence-corrected chi connectivity index (χ4v) is 2.40. The highest BCUT2D eigenvalue weighted by Crippen LogP contribution is 2.33. The molecule has 1 aromatic heterocycles. The third-order valence-corrected chi connectivity index (χ3v) is 3.52. The van der Waals surface area contributed by atoms with E-state index in [0.29, 0.717) is 6.07 Å². The van der Waals surface area contributed by atoms with Gasteiger partial charge in [-0.25, -0.2) is 9.18 Å². The predicted molar refractivity (Wildman–Crippen MR) is 70.7 cm³/mol. The number of likely N-dealkylation sites (N-methyl/N-ethyl adjacent to an activating group) is 1. The van der Waals surface area contributed by atoms with Crippen LogP contribution in [0.3, 0.4) is 0 Å². The van der Waals surface area contributed by atoms with Gasteiger partial charge in [-0.2, -0.15) is 4.39 Å². The normalized spacial score (nSPS) is 16.7. The molecule has 1 aromatic carbocycles. The van der Waals surface area contributed by atoms with E-state index < -0.39 is 47.2 Å². The minimum Gasteiger partial charge on any atom is -0.477 e. The summed E-state index contributed by atoms with van der Waals surface area (Å²) >= 11 is 0. The Morgan fingerprint density at radius 1 is 1.45 bits per heavy atom.